The van der Waals surface area contributed by atoms with Crippen molar-refractivity contribution in [2.75, 3.05) is 20.2 Å². The molecule has 2 saturated heterocycles. The number of amides is 1. The number of benzene rings is 3. The van der Waals surface area contributed by atoms with Crippen molar-refractivity contribution in [1.82, 2.24) is 35.5 Å². The van der Waals surface area contributed by atoms with Gasteiger partial charge in [0.05, 0.1) is 41.9 Å². The Balaban J connectivity index is 1.06. The molecule has 7 rings (SSSR count). The van der Waals surface area contributed by atoms with Crippen molar-refractivity contribution in [1.29, 1.82) is 0 Å². The van der Waals surface area contributed by atoms with Crippen LogP contribution in [0.5, 0.6) is 0 Å². The van der Waals surface area contributed by atoms with Crippen LogP contribution in [0.4, 0.5) is 0 Å². The normalized spacial score (nSPS) is 19.6. The fourth-order valence-corrected chi connectivity index (χ4v) is 6.93. The van der Waals surface area contributed by atoms with Crippen molar-refractivity contribution >= 4 is 16.7 Å². The number of aliphatic hydroxyl groups excluding tert-OH is 1. The Hall–Kier alpha value is -4.35. The number of H-pyrrole nitrogens is 2. The molecular weight excluding hydrogens is 590 g/mol. The maximum atomic E-state index is 13.6. The molecule has 0 radical (unpaired) electrons. The number of aliphatic hydroxyl groups is 1. The number of imidazole rings is 2. The molecule has 10 heteroatoms. The smallest absolute Gasteiger partial charge is 0.240 e. The van der Waals surface area contributed by atoms with Crippen LogP contribution in [-0.2, 0) is 9.53 Å². The Labute approximate surface area is 275 Å². The van der Waals surface area contributed by atoms with Gasteiger partial charge in [0.1, 0.15) is 11.6 Å². The molecule has 10 nitrogen and oxygen atoms in total. The zero-order valence-electron chi connectivity index (χ0n) is 27.2. The highest BCUT2D eigenvalue weighted by atomic mass is 16.6. The third-order valence-electron chi connectivity index (χ3n) is 9.59. The number of hydrogen-bond acceptors (Lipinski definition) is 7. The number of nitrogens with zero attached hydrogens (tertiary/aromatic N) is 3. The van der Waals surface area contributed by atoms with E-state index in [1.54, 1.807) is 0 Å². The maximum Gasteiger partial charge on any atom is 0.240 e. The second-order valence-electron chi connectivity index (χ2n) is 13.0. The lowest BCUT2D eigenvalue weighted by molar-refractivity contribution is -0.145. The van der Waals surface area contributed by atoms with E-state index in [0.29, 0.717) is 12.6 Å². The summed E-state index contributed by atoms with van der Waals surface area (Å²) in [7, 11) is 1.40. The summed E-state index contributed by atoms with van der Waals surface area (Å²) in [5.74, 6) is 1.72. The highest BCUT2D eigenvalue weighted by molar-refractivity contribution is 5.90. The van der Waals surface area contributed by atoms with Crippen molar-refractivity contribution in [3.63, 3.8) is 0 Å². The Kier molecular flexibility index (Phi) is 8.92. The molecule has 2 fully saturated rings. The summed E-state index contributed by atoms with van der Waals surface area (Å²) in [4.78, 5) is 31.8. The molecule has 4 atom stereocenters. The molecule has 1 amide bonds. The van der Waals surface area contributed by atoms with Gasteiger partial charge in [-0.25, -0.2) is 9.97 Å². The van der Waals surface area contributed by atoms with Gasteiger partial charge in [-0.2, -0.15) is 0 Å². The van der Waals surface area contributed by atoms with Gasteiger partial charge in [0.2, 0.25) is 12.3 Å². The fraction of sp³-hybridized carbons (Fsp3) is 0.378. The standard InChI is InChI=1S/C37H43N7O3/c1-22(2)33(43-37(46)47-3)36(45)44-17-5-7-32(44)35-40-21-31(42-35)28-15-14-26-18-25(12-13-27(26)19-28)23-8-10-24(11-9-23)30-20-39-34(41-30)29-6-4-16-38-29/h8-15,18-22,29,32-33,37-38,43,46H,4-7,16-17H2,1-3H3,(H,39,41)(H,40,42)/t29-,32-,33-,37?/m0/s1. The van der Waals surface area contributed by atoms with Gasteiger partial charge in [-0.15, -0.1) is 0 Å². The summed E-state index contributed by atoms with van der Waals surface area (Å²) in [5.41, 5.74) is 6.46. The average Bonchev–Trinajstić information content (AvgIpc) is 3.93. The van der Waals surface area contributed by atoms with E-state index in [0.717, 1.165) is 76.3 Å². The predicted molar refractivity (Wildman–Crippen MR) is 183 cm³/mol. The van der Waals surface area contributed by atoms with E-state index in [2.05, 4.69) is 86.2 Å². The van der Waals surface area contributed by atoms with Gasteiger partial charge in [-0.1, -0.05) is 62.4 Å². The van der Waals surface area contributed by atoms with E-state index in [4.69, 9.17) is 9.72 Å². The SMILES string of the molecule is COC(O)N[C@H](C(=O)N1CCC[C@H]1c1ncc(-c2ccc3cc(-c4ccc(-c5cnc([C@@H]6CCCN6)[nH]5)cc4)ccc3c2)[nH]1)C(C)C. The molecule has 1 unspecified atom stereocenters. The minimum absolute atomic E-state index is 0.0207. The summed E-state index contributed by atoms with van der Waals surface area (Å²) in [6.45, 7) is 5.62. The molecule has 0 saturated carbocycles. The molecule has 244 valence electrons. The lowest BCUT2D eigenvalue weighted by Gasteiger charge is -2.31. The molecule has 0 bridgehead atoms. The van der Waals surface area contributed by atoms with E-state index < -0.39 is 12.5 Å². The number of ether oxygens (including phenoxy) is 1. The largest absolute Gasteiger partial charge is 0.356 e. The molecular formula is C37H43N7O3. The van der Waals surface area contributed by atoms with Crippen LogP contribution in [0.15, 0.2) is 73.1 Å². The Morgan fingerprint density at radius 3 is 2.21 bits per heavy atom. The lowest BCUT2D eigenvalue weighted by atomic mass is 9.98. The van der Waals surface area contributed by atoms with Crippen LogP contribution in [0.1, 0.15) is 63.3 Å². The number of nitrogens with one attached hydrogen (secondary N) is 4. The molecule has 2 aliphatic heterocycles. The van der Waals surface area contributed by atoms with Gasteiger partial charge in [0.15, 0.2) is 0 Å². The molecule has 3 aromatic carbocycles. The van der Waals surface area contributed by atoms with Crippen LogP contribution in [0.2, 0.25) is 0 Å². The molecule has 0 aliphatic carbocycles. The number of carbonyl (C=O) groups excluding carboxylic acids is 1. The first-order chi connectivity index (χ1) is 22.9. The van der Waals surface area contributed by atoms with Crippen LogP contribution < -0.4 is 10.6 Å². The number of carbonyl (C=O) groups is 1. The van der Waals surface area contributed by atoms with Crippen molar-refractivity contribution in [2.45, 2.75) is 64.1 Å². The first-order valence-corrected chi connectivity index (χ1v) is 16.6. The van der Waals surface area contributed by atoms with E-state index in [1.165, 1.54) is 19.1 Å². The van der Waals surface area contributed by atoms with Gasteiger partial charge >= 0.3 is 0 Å². The van der Waals surface area contributed by atoms with Gasteiger partial charge < -0.3 is 30.0 Å². The van der Waals surface area contributed by atoms with Gasteiger partial charge in [-0.05, 0) is 77.7 Å². The van der Waals surface area contributed by atoms with Crippen LogP contribution in [0.25, 0.3) is 44.4 Å². The fourth-order valence-electron chi connectivity index (χ4n) is 6.93. The van der Waals surface area contributed by atoms with Gasteiger partial charge in [0, 0.05) is 19.2 Å². The van der Waals surface area contributed by atoms with Crippen molar-refractivity contribution in [2.24, 2.45) is 5.92 Å². The van der Waals surface area contributed by atoms with Crippen LogP contribution >= 0.6 is 0 Å². The number of likely N-dealkylation sites (tertiary alicyclic amines) is 1. The first-order valence-electron chi connectivity index (χ1n) is 16.6. The highest BCUT2D eigenvalue weighted by Gasteiger charge is 2.37. The molecule has 0 spiro atoms. The van der Waals surface area contributed by atoms with Crippen LogP contribution in [0.3, 0.4) is 0 Å². The third-order valence-corrected chi connectivity index (χ3v) is 9.59. The minimum Gasteiger partial charge on any atom is -0.356 e. The second-order valence-corrected chi connectivity index (χ2v) is 13.0. The summed E-state index contributed by atoms with van der Waals surface area (Å²) in [6, 6.07) is 21.3. The number of aromatic amines is 2. The maximum absolute atomic E-state index is 13.6. The Morgan fingerprint density at radius 2 is 1.51 bits per heavy atom. The molecule has 4 heterocycles. The Morgan fingerprint density at radius 1 is 0.872 bits per heavy atom. The molecule has 5 aromatic rings. The summed E-state index contributed by atoms with van der Waals surface area (Å²) in [5, 5.41) is 18.7. The number of methoxy groups -OCH3 is 1. The number of rotatable bonds is 10. The van der Waals surface area contributed by atoms with Crippen molar-refractivity contribution in [3.8, 4) is 33.6 Å². The second kappa shape index (κ2) is 13.4. The van der Waals surface area contributed by atoms with E-state index in [-0.39, 0.29) is 17.9 Å². The number of hydrogen-bond donors (Lipinski definition) is 5. The van der Waals surface area contributed by atoms with Gasteiger partial charge in [-0.3, -0.25) is 10.1 Å². The average molecular weight is 634 g/mol. The molecule has 2 aliphatic rings. The number of aromatic nitrogens is 4. The van der Waals surface area contributed by atoms with Gasteiger partial charge in [0.25, 0.3) is 0 Å². The quantitative estimate of drug-likeness (QED) is 0.121. The zero-order chi connectivity index (χ0) is 32.5. The van der Waals surface area contributed by atoms with E-state index in [1.807, 2.05) is 31.1 Å². The summed E-state index contributed by atoms with van der Waals surface area (Å²) >= 11 is 0. The first kappa shape index (κ1) is 31.3. The van der Waals surface area contributed by atoms with E-state index in [9.17, 15) is 9.90 Å². The van der Waals surface area contributed by atoms with E-state index >= 15 is 0 Å². The lowest BCUT2D eigenvalue weighted by Crippen LogP contribution is -2.52. The highest BCUT2D eigenvalue weighted by Crippen LogP contribution is 2.34. The Bertz CT molecular complexity index is 1840. The monoisotopic (exact) mass is 633 g/mol. The van der Waals surface area contributed by atoms with Crippen molar-refractivity contribution < 1.29 is 14.6 Å². The summed E-state index contributed by atoms with van der Waals surface area (Å²) < 4.78 is 4.95. The minimum atomic E-state index is -1.20. The van der Waals surface area contributed by atoms with Crippen LogP contribution in [0, 0.1) is 5.92 Å². The molecule has 47 heavy (non-hydrogen) atoms. The molecule has 2 aromatic heterocycles. The topological polar surface area (TPSA) is 131 Å². The van der Waals surface area contributed by atoms with Crippen molar-refractivity contribution in [3.05, 3.63) is 84.7 Å². The van der Waals surface area contributed by atoms with Crippen LogP contribution in [-0.4, -0.2) is 68.5 Å². The molecule has 5 N–H and O–H groups in total. The zero-order valence-corrected chi connectivity index (χ0v) is 27.2. The third kappa shape index (κ3) is 6.46. The summed E-state index contributed by atoms with van der Waals surface area (Å²) in [6.07, 6.45) is 6.63. The predicted octanol–water partition coefficient (Wildman–Crippen LogP) is 5.91. The number of fused-ring (bicyclic) bond motifs is 1.